The van der Waals surface area contributed by atoms with E-state index < -0.39 is 76.9 Å². The molecule has 5 N–H and O–H groups in total. The number of carbonyl (C=O) groups is 2. The fourth-order valence-electron chi connectivity index (χ4n) is 7.93. The van der Waals surface area contributed by atoms with E-state index in [0.29, 0.717) is 28.1 Å². The van der Waals surface area contributed by atoms with Crippen LogP contribution in [0.15, 0.2) is 58.7 Å². The normalized spacial score (nSPS) is 20.6. The van der Waals surface area contributed by atoms with Gasteiger partial charge in [-0.1, -0.05) is 23.6 Å². The van der Waals surface area contributed by atoms with Crippen LogP contribution in [0.2, 0.25) is 5.02 Å². The maximum Gasteiger partial charge on any atom is 0.292 e. The molecule has 18 heteroatoms. The lowest BCUT2D eigenvalue weighted by atomic mass is 9.93. The first-order chi connectivity index (χ1) is 28.3. The summed E-state index contributed by atoms with van der Waals surface area (Å²) in [5.74, 6) is -3.19. The molecule has 3 aliphatic rings. The molecule has 2 aromatic carbocycles. The fraction of sp³-hybridized carbons (Fsp3) is 0.405. The molecule has 0 unspecified atom stereocenters. The summed E-state index contributed by atoms with van der Waals surface area (Å²) in [5.41, 5.74) is 3.15. The third-order valence-electron chi connectivity index (χ3n) is 10.6. The molecule has 3 fully saturated rings. The Labute approximate surface area is 346 Å². The van der Waals surface area contributed by atoms with Gasteiger partial charge >= 0.3 is 0 Å². The number of benzene rings is 2. The summed E-state index contributed by atoms with van der Waals surface area (Å²) < 4.78 is 88.6. The van der Waals surface area contributed by atoms with E-state index in [4.69, 9.17) is 22.3 Å². The highest BCUT2D eigenvalue weighted by Gasteiger charge is 2.67. The number of alkyl halides is 4. The van der Waals surface area contributed by atoms with Gasteiger partial charge in [0.05, 0.1) is 39.9 Å². The zero-order chi connectivity index (χ0) is 43.3. The minimum Gasteiger partial charge on any atom is -0.397 e. The van der Waals surface area contributed by atoms with E-state index in [9.17, 15) is 32.3 Å². The van der Waals surface area contributed by atoms with E-state index in [1.165, 1.54) is 18.5 Å². The average Bonchev–Trinajstić information content (AvgIpc) is 3.58. The molecule has 0 radical (unpaired) electrons. The number of allylic oxidation sites excluding steroid dienone is 2. The van der Waals surface area contributed by atoms with Gasteiger partial charge in [0.25, 0.3) is 12.3 Å². The van der Waals surface area contributed by atoms with Crippen molar-refractivity contribution in [3.63, 3.8) is 0 Å². The number of likely N-dealkylation sites (tertiary alicyclic amines) is 1. The second-order valence-corrected chi connectivity index (χ2v) is 16.2. The Morgan fingerprint density at radius 1 is 1.08 bits per heavy atom. The zero-order valence-electron chi connectivity index (χ0n) is 32.7. The molecule has 316 valence electrons. The van der Waals surface area contributed by atoms with Crippen molar-refractivity contribution in [2.45, 2.75) is 63.5 Å². The highest BCUT2D eigenvalue weighted by molar-refractivity contribution is 6.37. The molecule has 1 saturated heterocycles. The molecule has 11 nitrogen and oxygen atoms in total. The summed E-state index contributed by atoms with van der Waals surface area (Å²) in [4.78, 5) is 37.5. The molecular weight excluding hydrogens is 814 g/mol. The van der Waals surface area contributed by atoms with E-state index in [-0.39, 0.29) is 53.1 Å². The molecule has 2 aliphatic carbocycles. The summed E-state index contributed by atoms with van der Waals surface area (Å²) >= 11 is 6.75. The molecule has 3 atom stereocenters. The van der Waals surface area contributed by atoms with Crippen molar-refractivity contribution in [2.75, 3.05) is 31.5 Å². The zero-order valence-corrected chi connectivity index (χ0v) is 33.5. The molecule has 7 rings (SSSR count). The van der Waals surface area contributed by atoms with Crippen molar-refractivity contribution < 1.29 is 41.0 Å². The van der Waals surface area contributed by atoms with Crippen molar-refractivity contribution in [1.82, 2.24) is 25.0 Å². The lowest BCUT2D eigenvalue weighted by Crippen LogP contribution is -2.35. The second kappa shape index (κ2) is 16.5. The number of nitrogens with two attached hydrogens (primary N) is 1. The number of aromatic nitrogens is 3. The Bertz CT molecular complexity index is 2480. The van der Waals surface area contributed by atoms with Crippen LogP contribution in [-0.2, 0) is 23.1 Å². The largest absolute Gasteiger partial charge is 0.397 e. The Morgan fingerprint density at radius 2 is 1.77 bits per heavy atom. The lowest BCUT2D eigenvalue weighted by molar-refractivity contribution is -0.120. The second-order valence-electron chi connectivity index (χ2n) is 15.8. The van der Waals surface area contributed by atoms with Crippen molar-refractivity contribution in [1.29, 1.82) is 0 Å². The summed E-state index contributed by atoms with van der Waals surface area (Å²) in [5, 5.41) is 21.1. The van der Waals surface area contributed by atoms with Crippen LogP contribution >= 0.6 is 11.6 Å². The number of hydrogen-bond donors (Lipinski definition) is 4. The number of nitrogens with zero attached hydrogens (tertiary/aromatic N) is 5. The van der Waals surface area contributed by atoms with Gasteiger partial charge in [-0.3, -0.25) is 24.2 Å². The number of anilines is 1. The first kappa shape index (κ1) is 42.7. The number of amides is 2. The molecule has 0 spiro atoms. The molecular formula is C42H41ClF6N8O3. The van der Waals surface area contributed by atoms with Gasteiger partial charge in [-0.25, -0.2) is 22.5 Å². The van der Waals surface area contributed by atoms with Crippen molar-refractivity contribution in [3.8, 4) is 23.0 Å². The smallest absolute Gasteiger partial charge is 0.292 e. The van der Waals surface area contributed by atoms with E-state index in [1.807, 2.05) is 4.90 Å². The summed E-state index contributed by atoms with van der Waals surface area (Å²) in [6.07, 6.45) is -1.59. The van der Waals surface area contributed by atoms with Gasteiger partial charge in [-0.05, 0) is 100 Å². The number of aliphatic imine (C=N–C) groups is 1. The number of carbonyl (C=O) groups excluding carboxylic acids is 2. The fourth-order valence-corrected chi connectivity index (χ4v) is 8.17. The van der Waals surface area contributed by atoms with Gasteiger partial charge in [-0.2, -0.15) is 13.9 Å². The molecule has 0 bridgehead atoms. The molecule has 1 aliphatic heterocycles. The van der Waals surface area contributed by atoms with Crippen LogP contribution in [0.3, 0.4) is 0 Å². The van der Waals surface area contributed by atoms with Gasteiger partial charge in [-0.15, -0.1) is 0 Å². The van der Waals surface area contributed by atoms with E-state index in [2.05, 4.69) is 32.6 Å². The number of pyridine rings is 1. The van der Waals surface area contributed by atoms with E-state index >= 15 is 8.78 Å². The number of nitrogens with one attached hydrogen (secondary N) is 2. The Hall–Kier alpha value is -5.44. The lowest BCUT2D eigenvalue weighted by Gasteiger charge is -2.23. The number of rotatable bonds is 11. The third-order valence-corrected chi connectivity index (χ3v) is 10.9. The highest BCUT2D eigenvalue weighted by Crippen LogP contribution is 2.62. The van der Waals surface area contributed by atoms with Crippen LogP contribution in [-0.4, -0.2) is 86.4 Å². The summed E-state index contributed by atoms with van der Waals surface area (Å²) in [6.45, 7) is 3.71. The van der Waals surface area contributed by atoms with Gasteiger partial charge < -0.3 is 21.5 Å². The predicted octanol–water partition coefficient (Wildman–Crippen LogP) is 6.33. The summed E-state index contributed by atoms with van der Waals surface area (Å²) in [6, 6.07) is 7.91. The molecule has 2 aromatic heterocycles. The first-order valence-corrected chi connectivity index (χ1v) is 19.6. The molecule has 3 heterocycles. The van der Waals surface area contributed by atoms with Crippen LogP contribution < -0.4 is 16.4 Å². The maximum absolute atomic E-state index is 15.3. The van der Waals surface area contributed by atoms with Crippen LogP contribution in [0.5, 0.6) is 0 Å². The minimum atomic E-state index is -3.60. The van der Waals surface area contributed by atoms with Gasteiger partial charge in [0.2, 0.25) is 11.8 Å². The Morgan fingerprint density at radius 3 is 2.43 bits per heavy atom. The number of aryl methyl sites for hydroxylation is 1. The number of hydrogen-bond acceptors (Lipinski definition) is 8. The topological polar surface area (TPSA) is 151 Å². The van der Waals surface area contributed by atoms with E-state index in [1.54, 1.807) is 31.3 Å². The van der Waals surface area contributed by atoms with Crippen molar-refractivity contribution in [2.24, 2.45) is 29.6 Å². The predicted molar refractivity (Wildman–Crippen MR) is 213 cm³/mol. The highest BCUT2D eigenvalue weighted by atomic mass is 35.5. The van der Waals surface area contributed by atoms with Crippen LogP contribution in [0, 0.1) is 35.3 Å². The molecule has 2 saturated carbocycles. The van der Waals surface area contributed by atoms with Crippen molar-refractivity contribution in [3.05, 3.63) is 87.3 Å². The van der Waals surface area contributed by atoms with Gasteiger partial charge in [0.15, 0.2) is 5.82 Å². The van der Waals surface area contributed by atoms with Gasteiger partial charge in [0, 0.05) is 35.7 Å². The molecule has 4 aromatic rings. The molecule has 60 heavy (non-hydrogen) atoms. The monoisotopic (exact) mass is 854 g/mol. The standard InChI is InChI=1S/C42H41ClF6N8O3/c1-41(2,60)11-10-24-6-7-25(26-8-9-29(43)34-37(26)56(3)55-40(34)54-32(59)20-57-12-4-5-13-57)36(52-24)30(16-21-14-22(44)17-23(45)15-21)53-31(58)19-51-38-33(35(50)39(46)47)27-18-28(27)42(38,48)49/h6-9,14-15,17,27-28,30,39,60H,4-5,12-13,16,18-20,50H2,1-3H3,(H,53,58)(H,54,55,59)/t27-,28+,30-/m0/s1. The number of fused-ring (bicyclic) bond motifs is 2. The minimum absolute atomic E-state index is 0.0462. The van der Waals surface area contributed by atoms with Crippen LogP contribution in [0.25, 0.3) is 22.0 Å². The van der Waals surface area contributed by atoms with E-state index in [0.717, 1.165) is 38.1 Å². The number of halogens is 7. The van der Waals surface area contributed by atoms with Gasteiger partial charge in [0.1, 0.15) is 35.2 Å². The Balaban J connectivity index is 1.33. The first-order valence-electron chi connectivity index (χ1n) is 19.2. The number of aliphatic hydroxyl groups is 1. The average molecular weight is 855 g/mol. The van der Waals surface area contributed by atoms with Crippen molar-refractivity contribution >= 4 is 45.8 Å². The SMILES string of the molecule is Cn1nc(NC(=O)CN2CCCC2)c2c(Cl)ccc(-c3ccc(C#CC(C)(C)O)nc3[C@H](Cc3cc(F)cc(F)c3)NC(=O)CN=C3C(=C(N)C(F)F)[C@H]4C[C@H]4C3(F)F)c21. The maximum atomic E-state index is 15.3. The Kier molecular flexibility index (Phi) is 11.8. The molecule has 2 amide bonds. The van der Waals surface area contributed by atoms with Crippen LogP contribution in [0.1, 0.15) is 56.1 Å². The third kappa shape index (κ3) is 9.01. The van der Waals surface area contributed by atoms with Crippen LogP contribution in [0.4, 0.5) is 32.2 Å². The summed E-state index contributed by atoms with van der Waals surface area (Å²) in [7, 11) is 1.63. The quantitative estimate of drug-likeness (QED) is 0.102.